The Kier molecular flexibility index (Phi) is 2.56. The van der Waals surface area contributed by atoms with Crippen LogP contribution in [0.5, 0.6) is 0 Å². The average molecular weight is 202 g/mol. The summed E-state index contributed by atoms with van der Waals surface area (Å²) in [5, 5.41) is 16.3. The van der Waals surface area contributed by atoms with Gasteiger partial charge in [-0.3, -0.25) is 5.10 Å². The molecule has 3 nitrogen and oxygen atoms in total. The van der Waals surface area contributed by atoms with Crippen molar-refractivity contribution in [2.24, 2.45) is 0 Å². The molecular formula is C12H14N2O. The largest absolute Gasteiger partial charge is 0.392 e. The maximum Gasteiger partial charge on any atom is 0.0978 e. The summed E-state index contributed by atoms with van der Waals surface area (Å²) in [4.78, 5) is 0. The van der Waals surface area contributed by atoms with Crippen molar-refractivity contribution in [3.05, 3.63) is 41.1 Å². The molecule has 1 heterocycles. The van der Waals surface area contributed by atoms with E-state index in [1.165, 1.54) is 5.56 Å². The lowest BCUT2D eigenvalue weighted by atomic mass is 10.1. The van der Waals surface area contributed by atoms with Crippen molar-refractivity contribution in [2.45, 2.75) is 20.5 Å². The van der Waals surface area contributed by atoms with Crippen LogP contribution in [0.25, 0.3) is 11.3 Å². The number of hydrogen-bond acceptors (Lipinski definition) is 2. The van der Waals surface area contributed by atoms with Crippen molar-refractivity contribution in [2.75, 3.05) is 0 Å². The summed E-state index contributed by atoms with van der Waals surface area (Å²) in [6, 6.07) is 8.12. The number of aromatic amines is 1. The zero-order chi connectivity index (χ0) is 10.8. The Bertz CT molecular complexity index is 457. The van der Waals surface area contributed by atoms with Gasteiger partial charge in [0, 0.05) is 16.8 Å². The summed E-state index contributed by atoms with van der Waals surface area (Å²) in [6.45, 7) is 3.98. The molecular weight excluding hydrogens is 188 g/mol. The van der Waals surface area contributed by atoms with Crippen LogP contribution in [0.15, 0.2) is 24.3 Å². The van der Waals surface area contributed by atoms with Gasteiger partial charge in [0.1, 0.15) is 0 Å². The van der Waals surface area contributed by atoms with Crippen LogP contribution in [-0.2, 0) is 6.61 Å². The molecule has 0 aliphatic rings. The lowest BCUT2D eigenvalue weighted by Gasteiger charge is -2.01. The summed E-state index contributed by atoms with van der Waals surface area (Å²) < 4.78 is 0. The summed E-state index contributed by atoms with van der Waals surface area (Å²) in [5.74, 6) is 0. The van der Waals surface area contributed by atoms with Gasteiger partial charge in [0.25, 0.3) is 0 Å². The molecule has 0 spiro atoms. The third-order valence-electron chi connectivity index (χ3n) is 2.56. The quantitative estimate of drug-likeness (QED) is 0.784. The number of aliphatic hydroxyl groups is 1. The zero-order valence-corrected chi connectivity index (χ0v) is 8.91. The Morgan fingerprint density at radius 3 is 2.47 bits per heavy atom. The highest BCUT2D eigenvalue weighted by Gasteiger charge is 2.10. The molecule has 0 radical (unpaired) electrons. The molecule has 0 aliphatic carbocycles. The Labute approximate surface area is 88.8 Å². The number of H-pyrrole nitrogens is 1. The minimum absolute atomic E-state index is 0.0194. The molecule has 0 bridgehead atoms. The van der Waals surface area contributed by atoms with Crippen LogP contribution >= 0.6 is 0 Å². The number of aryl methyl sites for hydroxylation is 2. The van der Waals surface area contributed by atoms with Crippen molar-refractivity contribution in [1.29, 1.82) is 0 Å². The minimum Gasteiger partial charge on any atom is -0.392 e. The van der Waals surface area contributed by atoms with Gasteiger partial charge in [-0.05, 0) is 13.8 Å². The van der Waals surface area contributed by atoms with E-state index < -0.39 is 0 Å². The third-order valence-corrected chi connectivity index (χ3v) is 2.56. The first-order valence-corrected chi connectivity index (χ1v) is 4.94. The summed E-state index contributed by atoms with van der Waals surface area (Å²) in [5.41, 5.74) is 4.90. The summed E-state index contributed by atoms with van der Waals surface area (Å²) >= 11 is 0. The topological polar surface area (TPSA) is 48.9 Å². The molecule has 0 amide bonds. The fourth-order valence-electron chi connectivity index (χ4n) is 1.60. The second kappa shape index (κ2) is 3.87. The van der Waals surface area contributed by atoms with E-state index in [0.29, 0.717) is 0 Å². The summed E-state index contributed by atoms with van der Waals surface area (Å²) in [7, 11) is 0. The first kappa shape index (κ1) is 9.93. The van der Waals surface area contributed by atoms with Gasteiger partial charge >= 0.3 is 0 Å². The number of hydrogen-bond donors (Lipinski definition) is 2. The predicted molar refractivity (Wildman–Crippen MR) is 59.4 cm³/mol. The fraction of sp³-hybridized carbons (Fsp3) is 0.250. The van der Waals surface area contributed by atoms with E-state index in [0.717, 1.165) is 22.5 Å². The van der Waals surface area contributed by atoms with Crippen molar-refractivity contribution in [3.8, 4) is 11.3 Å². The van der Waals surface area contributed by atoms with Gasteiger partial charge in [-0.15, -0.1) is 0 Å². The Morgan fingerprint density at radius 2 is 1.87 bits per heavy atom. The minimum atomic E-state index is 0.0194. The molecule has 1 aromatic carbocycles. The van der Waals surface area contributed by atoms with E-state index in [2.05, 4.69) is 10.2 Å². The number of nitrogens with zero attached hydrogens (tertiary/aromatic N) is 1. The standard InChI is InChI=1S/C12H14N2O/c1-8-3-5-10(6-4-8)12-11(7-15)9(2)13-14-12/h3-6,15H,7H2,1-2H3,(H,13,14). The molecule has 78 valence electrons. The van der Waals surface area contributed by atoms with E-state index in [1.807, 2.05) is 38.1 Å². The zero-order valence-electron chi connectivity index (χ0n) is 8.91. The van der Waals surface area contributed by atoms with Gasteiger partial charge in [0.15, 0.2) is 0 Å². The summed E-state index contributed by atoms with van der Waals surface area (Å²) in [6.07, 6.45) is 0. The van der Waals surface area contributed by atoms with Crippen LogP contribution in [0, 0.1) is 13.8 Å². The van der Waals surface area contributed by atoms with Crippen molar-refractivity contribution >= 4 is 0 Å². The van der Waals surface area contributed by atoms with E-state index in [-0.39, 0.29) is 6.61 Å². The number of rotatable bonds is 2. The van der Waals surface area contributed by atoms with Gasteiger partial charge in [0.05, 0.1) is 12.3 Å². The predicted octanol–water partition coefficient (Wildman–Crippen LogP) is 2.19. The molecule has 0 saturated carbocycles. The van der Waals surface area contributed by atoms with Crippen LogP contribution in [0.1, 0.15) is 16.8 Å². The molecule has 2 N–H and O–H groups in total. The second-order valence-electron chi connectivity index (χ2n) is 3.70. The lowest BCUT2D eigenvalue weighted by molar-refractivity contribution is 0.281. The second-order valence-corrected chi connectivity index (χ2v) is 3.70. The molecule has 2 aromatic rings. The molecule has 2 rings (SSSR count). The van der Waals surface area contributed by atoms with Gasteiger partial charge in [-0.2, -0.15) is 5.10 Å². The smallest absolute Gasteiger partial charge is 0.0978 e. The molecule has 15 heavy (non-hydrogen) atoms. The van der Waals surface area contributed by atoms with E-state index >= 15 is 0 Å². The number of aromatic nitrogens is 2. The molecule has 0 fully saturated rings. The lowest BCUT2D eigenvalue weighted by Crippen LogP contribution is -1.88. The number of benzene rings is 1. The highest BCUT2D eigenvalue weighted by atomic mass is 16.3. The maximum atomic E-state index is 9.24. The number of nitrogens with one attached hydrogen (secondary N) is 1. The van der Waals surface area contributed by atoms with E-state index in [1.54, 1.807) is 0 Å². The fourth-order valence-corrected chi connectivity index (χ4v) is 1.60. The molecule has 0 unspecified atom stereocenters. The van der Waals surface area contributed by atoms with E-state index in [4.69, 9.17) is 0 Å². The van der Waals surface area contributed by atoms with Crippen molar-refractivity contribution in [3.63, 3.8) is 0 Å². The highest BCUT2D eigenvalue weighted by Crippen LogP contribution is 2.23. The van der Waals surface area contributed by atoms with Gasteiger partial charge in [-0.25, -0.2) is 0 Å². The van der Waals surface area contributed by atoms with Gasteiger partial charge < -0.3 is 5.11 Å². The van der Waals surface area contributed by atoms with Gasteiger partial charge in [-0.1, -0.05) is 29.8 Å². The molecule has 0 saturated heterocycles. The normalized spacial score (nSPS) is 10.6. The Hall–Kier alpha value is -1.61. The maximum absolute atomic E-state index is 9.24. The highest BCUT2D eigenvalue weighted by molar-refractivity contribution is 5.63. The first-order chi connectivity index (χ1) is 7.22. The van der Waals surface area contributed by atoms with Crippen LogP contribution in [-0.4, -0.2) is 15.3 Å². The SMILES string of the molecule is Cc1ccc(-c2n[nH]c(C)c2CO)cc1. The van der Waals surface area contributed by atoms with Crippen molar-refractivity contribution in [1.82, 2.24) is 10.2 Å². The Morgan fingerprint density at radius 1 is 1.20 bits per heavy atom. The van der Waals surface area contributed by atoms with Crippen LogP contribution < -0.4 is 0 Å². The molecule has 0 aliphatic heterocycles. The van der Waals surface area contributed by atoms with Crippen LogP contribution in [0.3, 0.4) is 0 Å². The Balaban J connectivity index is 2.49. The van der Waals surface area contributed by atoms with Crippen LogP contribution in [0.2, 0.25) is 0 Å². The average Bonchev–Trinajstić information content (AvgIpc) is 2.61. The monoisotopic (exact) mass is 202 g/mol. The van der Waals surface area contributed by atoms with Crippen molar-refractivity contribution < 1.29 is 5.11 Å². The van der Waals surface area contributed by atoms with Crippen LogP contribution in [0.4, 0.5) is 0 Å². The number of aliphatic hydroxyl groups excluding tert-OH is 1. The first-order valence-electron chi connectivity index (χ1n) is 4.94. The van der Waals surface area contributed by atoms with Gasteiger partial charge in [0.2, 0.25) is 0 Å². The third kappa shape index (κ3) is 1.78. The molecule has 1 aromatic heterocycles. The van der Waals surface area contributed by atoms with E-state index in [9.17, 15) is 5.11 Å². The molecule has 0 atom stereocenters. The molecule has 3 heteroatoms.